The van der Waals surface area contributed by atoms with Gasteiger partial charge < -0.3 is 14.2 Å². The normalized spacial score (nSPS) is 19.1. The van der Waals surface area contributed by atoms with Crippen molar-refractivity contribution in [1.82, 2.24) is 13.8 Å². The summed E-state index contributed by atoms with van der Waals surface area (Å²) in [7, 11) is -3.72. The largest absolute Gasteiger partial charge is 0.379 e. The quantitative estimate of drug-likeness (QED) is 0.563. The standard InChI is InChI=1S/C26H29N3O4S/c1-2-20-10-11-22(19-24(20)34(31,32)28-15-17-33-18-16-28)26(30)29-14-13-27-12-6-9-23(27)25(29)21-7-4-3-5-8-21/h3-12,19,25H,2,13-18H2,1H3. The Morgan fingerprint density at radius 3 is 2.47 bits per heavy atom. The van der Waals surface area contributed by atoms with Crippen molar-refractivity contribution in [3.05, 3.63) is 89.2 Å². The zero-order valence-electron chi connectivity index (χ0n) is 19.3. The maximum Gasteiger partial charge on any atom is 0.254 e. The number of rotatable bonds is 5. The van der Waals surface area contributed by atoms with Crippen molar-refractivity contribution < 1.29 is 17.9 Å². The minimum Gasteiger partial charge on any atom is -0.379 e. The van der Waals surface area contributed by atoms with E-state index in [0.717, 1.165) is 16.8 Å². The highest BCUT2D eigenvalue weighted by Gasteiger charge is 2.34. The van der Waals surface area contributed by atoms with Crippen LogP contribution in [0.5, 0.6) is 0 Å². The van der Waals surface area contributed by atoms with Crippen LogP contribution in [0.25, 0.3) is 0 Å². The molecule has 7 nitrogen and oxygen atoms in total. The minimum absolute atomic E-state index is 0.164. The number of aryl methyl sites for hydroxylation is 1. The zero-order chi connectivity index (χ0) is 23.7. The second kappa shape index (κ2) is 9.37. The molecule has 0 bridgehead atoms. The number of fused-ring (bicyclic) bond motifs is 1. The van der Waals surface area contributed by atoms with Gasteiger partial charge in [0.25, 0.3) is 5.91 Å². The molecule has 3 aromatic rings. The predicted molar refractivity (Wildman–Crippen MR) is 129 cm³/mol. The van der Waals surface area contributed by atoms with Crippen LogP contribution in [0.2, 0.25) is 0 Å². The van der Waals surface area contributed by atoms with Gasteiger partial charge in [0.1, 0.15) is 0 Å². The van der Waals surface area contributed by atoms with Gasteiger partial charge >= 0.3 is 0 Å². The van der Waals surface area contributed by atoms with E-state index in [2.05, 4.69) is 4.57 Å². The summed E-state index contributed by atoms with van der Waals surface area (Å²) in [4.78, 5) is 15.9. The lowest BCUT2D eigenvalue weighted by Gasteiger charge is -2.37. The molecule has 1 fully saturated rings. The summed E-state index contributed by atoms with van der Waals surface area (Å²) in [6.45, 7) is 4.58. The summed E-state index contributed by atoms with van der Waals surface area (Å²) in [5.41, 5.74) is 3.19. The molecule has 1 amide bonds. The first kappa shape index (κ1) is 22.8. The monoisotopic (exact) mass is 479 g/mol. The van der Waals surface area contributed by atoms with Crippen molar-refractivity contribution in [2.75, 3.05) is 32.8 Å². The number of carbonyl (C=O) groups is 1. The number of carbonyl (C=O) groups excluding carboxylic acids is 1. The number of hydrogen-bond donors (Lipinski definition) is 0. The first-order valence-corrected chi connectivity index (χ1v) is 13.2. The second-order valence-electron chi connectivity index (χ2n) is 8.63. The van der Waals surface area contributed by atoms with Crippen LogP contribution in [0, 0.1) is 0 Å². The summed E-state index contributed by atoms with van der Waals surface area (Å²) < 4.78 is 35.9. The molecule has 2 aromatic carbocycles. The van der Waals surface area contributed by atoms with E-state index < -0.39 is 10.0 Å². The molecule has 1 atom stereocenters. The summed E-state index contributed by atoms with van der Waals surface area (Å²) in [6.07, 6.45) is 2.60. The Labute approximate surface area is 200 Å². The highest BCUT2D eigenvalue weighted by atomic mass is 32.2. The Kier molecular flexibility index (Phi) is 6.29. The SMILES string of the molecule is CCc1ccc(C(=O)N2CCn3cccc3C2c2ccccc2)cc1S(=O)(=O)N1CCOCC1. The van der Waals surface area contributed by atoms with E-state index in [0.29, 0.717) is 51.4 Å². The van der Waals surface area contributed by atoms with Crippen LogP contribution in [0.1, 0.15) is 40.1 Å². The van der Waals surface area contributed by atoms with E-state index in [-0.39, 0.29) is 16.8 Å². The van der Waals surface area contributed by atoms with Crippen LogP contribution in [0.3, 0.4) is 0 Å². The zero-order valence-corrected chi connectivity index (χ0v) is 20.1. The van der Waals surface area contributed by atoms with Gasteiger partial charge in [-0.25, -0.2) is 8.42 Å². The number of aromatic nitrogens is 1. The lowest BCUT2D eigenvalue weighted by Crippen LogP contribution is -2.43. The molecule has 0 N–H and O–H groups in total. The van der Waals surface area contributed by atoms with Gasteiger partial charge in [-0.05, 0) is 41.8 Å². The van der Waals surface area contributed by atoms with Gasteiger partial charge in [-0.3, -0.25) is 4.79 Å². The number of benzene rings is 2. The molecule has 1 aromatic heterocycles. The van der Waals surface area contributed by atoms with Gasteiger partial charge in [0.15, 0.2) is 0 Å². The van der Waals surface area contributed by atoms with E-state index in [9.17, 15) is 13.2 Å². The smallest absolute Gasteiger partial charge is 0.254 e. The van der Waals surface area contributed by atoms with Crippen molar-refractivity contribution in [2.24, 2.45) is 0 Å². The molecule has 1 unspecified atom stereocenters. The Hall–Kier alpha value is -2.94. The number of nitrogens with zero attached hydrogens (tertiary/aromatic N) is 3. The molecule has 0 aliphatic carbocycles. The highest BCUT2D eigenvalue weighted by molar-refractivity contribution is 7.89. The molecule has 5 rings (SSSR count). The fraction of sp³-hybridized carbons (Fsp3) is 0.346. The number of hydrogen-bond acceptors (Lipinski definition) is 4. The van der Waals surface area contributed by atoms with Crippen molar-refractivity contribution in [2.45, 2.75) is 30.8 Å². The third-order valence-corrected chi connectivity index (χ3v) is 8.68. The summed E-state index contributed by atoms with van der Waals surface area (Å²) in [5.74, 6) is -0.164. The van der Waals surface area contributed by atoms with Crippen LogP contribution in [-0.2, 0) is 27.7 Å². The Morgan fingerprint density at radius 1 is 0.971 bits per heavy atom. The Balaban J connectivity index is 1.54. The van der Waals surface area contributed by atoms with Crippen LogP contribution in [0.15, 0.2) is 71.8 Å². The summed E-state index contributed by atoms with van der Waals surface area (Å²) in [6, 6.07) is 18.9. The molecule has 1 saturated heterocycles. The van der Waals surface area contributed by atoms with E-state index in [1.807, 2.05) is 60.5 Å². The lowest BCUT2D eigenvalue weighted by molar-refractivity contribution is 0.0663. The molecule has 0 radical (unpaired) electrons. The third kappa shape index (κ3) is 4.06. The van der Waals surface area contributed by atoms with Crippen LogP contribution >= 0.6 is 0 Å². The maximum atomic E-state index is 13.9. The molecule has 34 heavy (non-hydrogen) atoms. The van der Waals surface area contributed by atoms with Gasteiger partial charge in [-0.15, -0.1) is 0 Å². The molecular weight excluding hydrogens is 450 g/mol. The minimum atomic E-state index is -3.72. The lowest BCUT2D eigenvalue weighted by atomic mass is 9.98. The highest BCUT2D eigenvalue weighted by Crippen LogP contribution is 2.34. The van der Waals surface area contributed by atoms with E-state index >= 15 is 0 Å². The van der Waals surface area contributed by atoms with Crippen molar-refractivity contribution in [3.8, 4) is 0 Å². The number of morpholine rings is 1. The summed E-state index contributed by atoms with van der Waals surface area (Å²) in [5, 5.41) is 0. The Morgan fingerprint density at radius 2 is 1.74 bits per heavy atom. The van der Waals surface area contributed by atoms with Crippen LogP contribution in [0.4, 0.5) is 0 Å². The first-order valence-electron chi connectivity index (χ1n) is 11.7. The fourth-order valence-corrected chi connectivity index (χ4v) is 6.63. The van der Waals surface area contributed by atoms with Crippen molar-refractivity contribution in [3.63, 3.8) is 0 Å². The summed E-state index contributed by atoms with van der Waals surface area (Å²) >= 11 is 0. The predicted octanol–water partition coefficient (Wildman–Crippen LogP) is 3.32. The topological polar surface area (TPSA) is 71.9 Å². The number of ether oxygens (including phenoxy) is 1. The Bertz CT molecular complexity index is 1280. The molecule has 8 heteroatoms. The second-order valence-corrected chi connectivity index (χ2v) is 10.5. The van der Waals surface area contributed by atoms with Gasteiger partial charge in [0.2, 0.25) is 10.0 Å². The molecular formula is C26H29N3O4S. The number of amides is 1. The van der Waals surface area contributed by atoms with Gasteiger partial charge in [-0.2, -0.15) is 4.31 Å². The van der Waals surface area contributed by atoms with Gasteiger partial charge in [-0.1, -0.05) is 43.3 Å². The van der Waals surface area contributed by atoms with Crippen molar-refractivity contribution in [1.29, 1.82) is 0 Å². The van der Waals surface area contributed by atoms with Crippen molar-refractivity contribution >= 4 is 15.9 Å². The fourth-order valence-electron chi connectivity index (χ4n) is 4.90. The molecule has 0 saturated carbocycles. The molecule has 178 valence electrons. The molecule has 0 spiro atoms. The average Bonchev–Trinajstić information content (AvgIpc) is 3.37. The van der Waals surface area contributed by atoms with E-state index in [4.69, 9.17) is 4.74 Å². The van der Waals surface area contributed by atoms with E-state index in [1.165, 1.54) is 4.31 Å². The molecule has 2 aliphatic heterocycles. The van der Waals surface area contributed by atoms with E-state index in [1.54, 1.807) is 18.2 Å². The van der Waals surface area contributed by atoms with Gasteiger partial charge in [0.05, 0.1) is 24.2 Å². The maximum absolute atomic E-state index is 13.9. The third-order valence-electron chi connectivity index (χ3n) is 6.70. The van der Waals surface area contributed by atoms with Crippen LogP contribution in [-0.4, -0.2) is 60.9 Å². The van der Waals surface area contributed by atoms with Crippen LogP contribution < -0.4 is 0 Å². The molecule has 3 heterocycles. The first-order chi connectivity index (χ1) is 16.5. The number of sulfonamides is 1. The average molecular weight is 480 g/mol. The molecule has 2 aliphatic rings. The van der Waals surface area contributed by atoms with Gasteiger partial charge in [0, 0.05) is 43.6 Å².